The molecule has 0 aliphatic rings. The van der Waals surface area contributed by atoms with Gasteiger partial charge in [0.25, 0.3) is 0 Å². The Hall–Kier alpha value is -2.19. The molecule has 0 radical (unpaired) electrons. The lowest BCUT2D eigenvalue weighted by atomic mass is 10.1. The van der Waals surface area contributed by atoms with Crippen molar-refractivity contribution in [3.63, 3.8) is 0 Å². The zero-order valence-electron chi connectivity index (χ0n) is 18.6. The first kappa shape index (κ1) is 27.8. The molecule has 0 aliphatic carbocycles. The quantitative estimate of drug-likeness (QED) is 0.0934. The van der Waals surface area contributed by atoms with Crippen LogP contribution in [0.4, 0.5) is 22.0 Å². The van der Waals surface area contributed by atoms with Crippen molar-refractivity contribution < 1.29 is 41.0 Å². The molecule has 0 saturated heterocycles. The molecule has 0 fully saturated rings. The zero-order chi connectivity index (χ0) is 24.1. The van der Waals surface area contributed by atoms with E-state index >= 15 is 0 Å². The Morgan fingerprint density at radius 1 is 0.688 bits per heavy atom. The van der Waals surface area contributed by atoms with Gasteiger partial charge in [0.15, 0.2) is 23.3 Å². The van der Waals surface area contributed by atoms with Crippen LogP contribution in [0.15, 0.2) is 0 Å². The zero-order valence-corrected chi connectivity index (χ0v) is 18.6. The number of halogens is 5. The first-order valence-electron chi connectivity index (χ1n) is 11.1. The van der Waals surface area contributed by atoms with E-state index in [0.717, 1.165) is 26.2 Å². The molecule has 0 aliphatic heterocycles. The van der Waals surface area contributed by atoms with Crippen LogP contribution in [0.1, 0.15) is 96.1 Å². The number of hydrogen-bond donors (Lipinski definition) is 0. The number of benzene rings is 1. The number of carbonyl (C=O) groups is 2. The highest BCUT2D eigenvalue weighted by Gasteiger charge is 2.30. The van der Waals surface area contributed by atoms with E-state index in [1.807, 2.05) is 0 Å². The maximum absolute atomic E-state index is 13.8. The Morgan fingerprint density at radius 3 is 1.72 bits per heavy atom. The summed E-state index contributed by atoms with van der Waals surface area (Å²) in [4.78, 5) is 23.5. The van der Waals surface area contributed by atoms with Crippen LogP contribution in [0.2, 0.25) is 0 Å². The minimum absolute atomic E-state index is 0.0526. The molecule has 4 nitrogen and oxygen atoms in total. The molecule has 0 spiro atoms. The summed E-state index contributed by atoms with van der Waals surface area (Å²) >= 11 is 0. The fourth-order valence-corrected chi connectivity index (χ4v) is 3.16. The minimum atomic E-state index is -2.28. The standard InChI is InChI=1S/C23H31F5O4/c1-3-4-5-6-7-8-9-10-14-31-16(29)12-11-13-17(30)32-15(2)18-19(24)21(26)23(28)22(27)20(18)25/h15H,3-14H2,1-2H3. The largest absolute Gasteiger partial charge is 0.466 e. The van der Waals surface area contributed by atoms with E-state index < -0.39 is 52.7 Å². The van der Waals surface area contributed by atoms with Crippen molar-refractivity contribution in [2.75, 3.05) is 6.61 Å². The van der Waals surface area contributed by atoms with Gasteiger partial charge in [0.2, 0.25) is 5.82 Å². The van der Waals surface area contributed by atoms with E-state index in [1.165, 1.54) is 32.1 Å². The summed E-state index contributed by atoms with van der Waals surface area (Å²) in [5.41, 5.74) is -1.22. The van der Waals surface area contributed by atoms with Gasteiger partial charge < -0.3 is 9.47 Å². The first-order valence-corrected chi connectivity index (χ1v) is 11.1. The summed E-state index contributed by atoms with van der Waals surface area (Å²) in [5.74, 6) is -12.0. The summed E-state index contributed by atoms with van der Waals surface area (Å²) in [5, 5.41) is 0. The average Bonchev–Trinajstić information content (AvgIpc) is 2.75. The van der Waals surface area contributed by atoms with Gasteiger partial charge in [0, 0.05) is 12.8 Å². The van der Waals surface area contributed by atoms with Gasteiger partial charge in [-0.15, -0.1) is 0 Å². The molecule has 1 aromatic carbocycles. The Morgan fingerprint density at radius 2 is 1.16 bits per heavy atom. The molecule has 1 unspecified atom stereocenters. The van der Waals surface area contributed by atoms with Crippen molar-refractivity contribution in [2.45, 2.75) is 90.6 Å². The highest BCUT2D eigenvalue weighted by atomic mass is 19.2. The van der Waals surface area contributed by atoms with Gasteiger partial charge in [-0.1, -0.05) is 51.9 Å². The second kappa shape index (κ2) is 14.8. The fraction of sp³-hybridized carbons (Fsp3) is 0.652. The lowest BCUT2D eigenvalue weighted by Gasteiger charge is -2.16. The Bertz CT molecular complexity index is 725. The molecule has 0 heterocycles. The Kier molecular flexibility index (Phi) is 12.9. The molecule has 0 aromatic heterocycles. The average molecular weight is 466 g/mol. The van der Waals surface area contributed by atoms with Gasteiger partial charge in [-0.25, -0.2) is 22.0 Å². The van der Waals surface area contributed by atoms with Gasteiger partial charge in [-0.2, -0.15) is 0 Å². The maximum Gasteiger partial charge on any atom is 0.306 e. The number of carbonyl (C=O) groups excluding carboxylic acids is 2. The van der Waals surface area contributed by atoms with E-state index in [4.69, 9.17) is 9.47 Å². The van der Waals surface area contributed by atoms with Crippen molar-refractivity contribution in [1.82, 2.24) is 0 Å². The second-order valence-corrected chi connectivity index (χ2v) is 7.66. The van der Waals surface area contributed by atoms with Crippen LogP contribution in [-0.4, -0.2) is 18.5 Å². The SMILES string of the molecule is CCCCCCCCCCOC(=O)CCCC(=O)OC(C)c1c(F)c(F)c(F)c(F)c1F. The van der Waals surface area contributed by atoms with Crippen LogP contribution < -0.4 is 0 Å². The van der Waals surface area contributed by atoms with E-state index in [0.29, 0.717) is 6.61 Å². The van der Waals surface area contributed by atoms with Gasteiger partial charge in [0.1, 0.15) is 6.10 Å². The van der Waals surface area contributed by atoms with E-state index in [1.54, 1.807) is 0 Å². The first-order chi connectivity index (χ1) is 15.2. The summed E-state index contributed by atoms with van der Waals surface area (Å²) in [7, 11) is 0. The third-order valence-electron chi connectivity index (χ3n) is 4.98. The number of ether oxygens (including phenoxy) is 2. The second-order valence-electron chi connectivity index (χ2n) is 7.66. The molecule has 32 heavy (non-hydrogen) atoms. The van der Waals surface area contributed by atoms with E-state index in [9.17, 15) is 31.5 Å². The molecular formula is C23H31F5O4. The predicted octanol–water partition coefficient (Wildman–Crippen LogP) is 6.84. The number of hydrogen-bond acceptors (Lipinski definition) is 4. The smallest absolute Gasteiger partial charge is 0.306 e. The number of esters is 2. The molecule has 0 N–H and O–H groups in total. The normalized spacial score (nSPS) is 12.0. The van der Waals surface area contributed by atoms with E-state index in [2.05, 4.69) is 6.92 Å². The topological polar surface area (TPSA) is 52.6 Å². The fourth-order valence-electron chi connectivity index (χ4n) is 3.16. The molecule has 0 amide bonds. The minimum Gasteiger partial charge on any atom is -0.466 e. The van der Waals surface area contributed by atoms with E-state index in [-0.39, 0.29) is 19.3 Å². The lowest BCUT2D eigenvalue weighted by molar-refractivity contribution is -0.149. The number of rotatable bonds is 15. The van der Waals surface area contributed by atoms with Crippen molar-refractivity contribution >= 4 is 11.9 Å². The van der Waals surface area contributed by atoms with Crippen LogP contribution in [0.3, 0.4) is 0 Å². The van der Waals surface area contributed by atoms with Gasteiger partial charge in [0.05, 0.1) is 12.2 Å². The molecule has 0 bridgehead atoms. The lowest BCUT2D eigenvalue weighted by Crippen LogP contribution is -2.15. The third-order valence-corrected chi connectivity index (χ3v) is 4.98. The number of unbranched alkanes of at least 4 members (excludes halogenated alkanes) is 7. The van der Waals surface area contributed by atoms with Crippen LogP contribution in [0.25, 0.3) is 0 Å². The van der Waals surface area contributed by atoms with Crippen LogP contribution in [0, 0.1) is 29.1 Å². The molecule has 9 heteroatoms. The van der Waals surface area contributed by atoms with Gasteiger partial charge in [-0.05, 0) is 19.8 Å². The van der Waals surface area contributed by atoms with Gasteiger partial charge >= 0.3 is 11.9 Å². The Balaban J connectivity index is 2.27. The summed E-state index contributed by atoms with van der Waals surface area (Å²) < 4.78 is 77.0. The third kappa shape index (κ3) is 9.12. The van der Waals surface area contributed by atoms with Crippen molar-refractivity contribution in [3.05, 3.63) is 34.6 Å². The van der Waals surface area contributed by atoms with Crippen molar-refractivity contribution in [2.24, 2.45) is 0 Å². The predicted molar refractivity (Wildman–Crippen MR) is 108 cm³/mol. The molecule has 1 rings (SSSR count). The Labute approximate surface area is 185 Å². The monoisotopic (exact) mass is 466 g/mol. The van der Waals surface area contributed by atoms with Crippen LogP contribution in [-0.2, 0) is 19.1 Å². The van der Waals surface area contributed by atoms with Crippen molar-refractivity contribution in [1.29, 1.82) is 0 Å². The van der Waals surface area contributed by atoms with Crippen molar-refractivity contribution in [3.8, 4) is 0 Å². The maximum atomic E-state index is 13.8. The van der Waals surface area contributed by atoms with Crippen LogP contribution in [0.5, 0.6) is 0 Å². The summed E-state index contributed by atoms with van der Waals surface area (Å²) in [6.07, 6.45) is 6.96. The van der Waals surface area contributed by atoms with Gasteiger partial charge in [-0.3, -0.25) is 9.59 Å². The molecule has 1 atom stereocenters. The molecular weight excluding hydrogens is 435 g/mol. The summed E-state index contributed by atoms with van der Waals surface area (Å²) in [6, 6.07) is 0. The molecule has 182 valence electrons. The molecule has 0 saturated carbocycles. The highest BCUT2D eigenvalue weighted by molar-refractivity contribution is 5.72. The molecule has 1 aromatic rings. The summed E-state index contributed by atoms with van der Waals surface area (Å²) in [6.45, 7) is 3.46. The van der Waals surface area contributed by atoms with Crippen LogP contribution >= 0.6 is 0 Å². The highest BCUT2D eigenvalue weighted by Crippen LogP contribution is 2.29.